The number of hydrogen-bond acceptors (Lipinski definition) is 4. The van der Waals surface area contributed by atoms with Gasteiger partial charge in [-0.1, -0.05) is 66.7 Å². The minimum Gasteiger partial charge on any atom is -0.486 e. The summed E-state index contributed by atoms with van der Waals surface area (Å²) in [5.41, 5.74) is 4.81. The first-order valence-corrected chi connectivity index (χ1v) is 12.1. The van der Waals surface area contributed by atoms with E-state index >= 15 is 0 Å². The Morgan fingerprint density at radius 2 is 1.61 bits per heavy atom. The van der Waals surface area contributed by atoms with Gasteiger partial charge in [0, 0.05) is 0 Å². The summed E-state index contributed by atoms with van der Waals surface area (Å²) in [5.74, 6) is 1.82. The third-order valence-corrected chi connectivity index (χ3v) is 6.87. The van der Waals surface area contributed by atoms with E-state index in [1.54, 1.807) is 0 Å². The first-order chi connectivity index (χ1) is 16.3. The zero-order valence-electron chi connectivity index (χ0n) is 19.5. The highest BCUT2D eigenvalue weighted by atomic mass is 16.6. The van der Waals surface area contributed by atoms with E-state index in [2.05, 4.69) is 78.7 Å². The molecule has 3 aromatic carbocycles. The van der Waals surface area contributed by atoms with Crippen molar-refractivity contribution in [2.24, 2.45) is 0 Å². The normalized spacial score (nSPS) is 19.0. The highest BCUT2D eigenvalue weighted by Crippen LogP contribution is 2.45. The topological polar surface area (TPSA) is 30.9 Å². The molecule has 0 amide bonds. The molecule has 0 bridgehead atoms. The molecule has 33 heavy (non-hydrogen) atoms. The molecule has 2 aliphatic rings. The van der Waals surface area contributed by atoms with E-state index in [1.165, 1.54) is 22.3 Å². The Labute approximate surface area is 197 Å². The average Bonchev–Trinajstić information content (AvgIpc) is 3.24. The summed E-state index contributed by atoms with van der Waals surface area (Å²) < 4.78 is 18.1. The molecule has 4 nitrogen and oxygen atoms in total. The van der Waals surface area contributed by atoms with Crippen molar-refractivity contribution >= 4 is 0 Å². The number of nitrogens with zero attached hydrogens (tertiary/aromatic N) is 1. The average molecular weight is 444 g/mol. The molecule has 0 saturated heterocycles. The lowest BCUT2D eigenvalue weighted by Gasteiger charge is -2.31. The van der Waals surface area contributed by atoms with Gasteiger partial charge in [-0.05, 0) is 74.1 Å². The fourth-order valence-electron chi connectivity index (χ4n) is 5.20. The summed E-state index contributed by atoms with van der Waals surface area (Å²) in [6.07, 6.45) is 4.16. The van der Waals surface area contributed by atoms with Gasteiger partial charge in [-0.25, -0.2) is 0 Å². The maximum Gasteiger partial charge on any atom is 0.164 e. The Hall–Kier alpha value is -2.82. The zero-order chi connectivity index (χ0) is 22.5. The maximum atomic E-state index is 6.53. The Bertz CT molecular complexity index is 1070. The van der Waals surface area contributed by atoms with Crippen LogP contribution in [0.1, 0.15) is 41.5 Å². The Morgan fingerprint density at radius 3 is 2.52 bits per heavy atom. The molecule has 2 heterocycles. The molecule has 0 fully saturated rings. The van der Waals surface area contributed by atoms with Crippen molar-refractivity contribution in [3.05, 3.63) is 95.1 Å². The largest absolute Gasteiger partial charge is 0.486 e. The first-order valence-electron chi connectivity index (χ1n) is 12.1. The molecule has 0 N–H and O–H groups in total. The van der Waals surface area contributed by atoms with Gasteiger partial charge in [-0.15, -0.1) is 0 Å². The Morgan fingerprint density at radius 1 is 0.818 bits per heavy atom. The lowest BCUT2D eigenvalue weighted by atomic mass is 9.82. The molecule has 172 valence electrons. The van der Waals surface area contributed by atoms with Crippen LogP contribution in [-0.2, 0) is 23.4 Å². The van der Waals surface area contributed by atoms with Crippen molar-refractivity contribution in [2.45, 2.75) is 37.9 Å². The van der Waals surface area contributed by atoms with Gasteiger partial charge in [0.05, 0.1) is 6.61 Å². The number of ether oxygens (including phenoxy) is 3. The van der Waals surface area contributed by atoms with Gasteiger partial charge in [-0.3, -0.25) is 0 Å². The summed E-state index contributed by atoms with van der Waals surface area (Å²) >= 11 is 0. The second-order valence-corrected chi connectivity index (χ2v) is 9.09. The number of hydrogen-bond donors (Lipinski definition) is 0. The summed E-state index contributed by atoms with van der Waals surface area (Å²) in [5, 5.41) is 0. The van der Waals surface area contributed by atoms with E-state index in [0.29, 0.717) is 19.8 Å². The third-order valence-electron chi connectivity index (χ3n) is 6.87. The van der Waals surface area contributed by atoms with Crippen LogP contribution in [0.5, 0.6) is 11.5 Å². The number of para-hydroxylation sites is 1. The predicted octanol–water partition coefficient (Wildman–Crippen LogP) is 5.58. The molecular formula is C29H33NO3. The lowest BCUT2D eigenvalue weighted by Crippen LogP contribution is -2.29. The minimum atomic E-state index is -0.334. The number of benzene rings is 3. The maximum absolute atomic E-state index is 6.53. The van der Waals surface area contributed by atoms with Crippen LogP contribution in [0.25, 0.3) is 0 Å². The first kappa shape index (κ1) is 22.0. The second-order valence-electron chi connectivity index (χ2n) is 9.09. The van der Waals surface area contributed by atoms with Gasteiger partial charge < -0.3 is 19.1 Å². The lowest BCUT2D eigenvalue weighted by molar-refractivity contribution is -0.0142. The van der Waals surface area contributed by atoms with Crippen molar-refractivity contribution < 1.29 is 14.2 Å². The van der Waals surface area contributed by atoms with E-state index in [9.17, 15) is 0 Å². The number of aryl methyl sites for hydroxylation is 1. The fraction of sp³-hybridized carbons (Fsp3) is 0.379. The van der Waals surface area contributed by atoms with Gasteiger partial charge in [0.25, 0.3) is 0 Å². The van der Waals surface area contributed by atoms with E-state index in [-0.39, 0.29) is 5.60 Å². The predicted molar refractivity (Wildman–Crippen MR) is 131 cm³/mol. The minimum absolute atomic E-state index is 0.334. The quantitative estimate of drug-likeness (QED) is 0.432. The van der Waals surface area contributed by atoms with Crippen LogP contribution in [0.3, 0.4) is 0 Å². The van der Waals surface area contributed by atoms with Crippen LogP contribution in [0.2, 0.25) is 0 Å². The third kappa shape index (κ3) is 4.64. The van der Waals surface area contributed by atoms with Gasteiger partial charge in [0.1, 0.15) is 18.8 Å². The molecule has 0 saturated carbocycles. The Kier molecular flexibility index (Phi) is 6.65. The van der Waals surface area contributed by atoms with Crippen LogP contribution in [0.4, 0.5) is 0 Å². The number of rotatable bonds is 9. The Balaban J connectivity index is 1.17. The van der Waals surface area contributed by atoms with E-state index < -0.39 is 0 Å². The van der Waals surface area contributed by atoms with E-state index in [4.69, 9.17) is 14.2 Å². The van der Waals surface area contributed by atoms with E-state index in [1.807, 2.05) is 6.07 Å². The molecule has 3 aromatic rings. The molecular weight excluding hydrogens is 410 g/mol. The molecule has 0 aliphatic carbocycles. The molecule has 0 spiro atoms. The van der Waals surface area contributed by atoms with Crippen molar-refractivity contribution in [3.8, 4) is 11.5 Å². The highest BCUT2D eigenvalue weighted by molar-refractivity contribution is 5.47. The van der Waals surface area contributed by atoms with Crippen molar-refractivity contribution in [3.63, 3.8) is 0 Å². The summed E-state index contributed by atoms with van der Waals surface area (Å²) in [6.45, 7) is 4.07. The van der Waals surface area contributed by atoms with Gasteiger partial charge in [-0.2, -0.15) is 0 Å². The monoisotopic (exact) mass is 443 g/mol. The van der Waals surface area contributed by atoms with Crippen LogP contribution >= 0.6 is 0 Å². The molecule has 5 rings (SSSR count). The molecule has 2 aliphatic heterocycles. The van der Waals surface area contributed by atoms with Gasteiger partial charge in [0.15, 0.2) is 11.5 Å². The summed E-state index contributed by atoms with van der Waals surface area (Å²) in [6, 6.07) is 25.6. The summed E-state index contributed by atoms with van der Waals surface area (Å²) in [7, 11) is 2.22. The molecule has 1 atom stereocenters. The summed E-state index contributed by atoms with van der Waals surface area (Å²) in [4.78, 5) is 2.44. The fourth-order valence-corrected chi connectivity index (χ4v) is 5.20. The number of fused-ring (bicyclic) bond motifs is 2. The highest BCUT2D eigenvalue weighted by Gasteiger charge is 2.40. The van der Waals surface area contributed by atoms with Gasteiger partial charge >= 0.3 is 0 Å². The van der Waals surface area contributed by atoms with Crippen LogP contribution < -0.4 is 9.47 Å². The van der Waals surface area contributed by atoms with Crippen molar-refractivity contribution in [1.82, 2.24) is 4.90 Å². The van der Waals surface area contributed by atoms with Crippen molar-refractivity contribution in [1.29, 1.82) is 0 Å². The SMILES string of the molecule is CN(CCCc1cccc2c1OCCO2)CCCC1(c2ccccc2)OCc2ccccc21. The second kappa shape index (κ2) is 9.98. The standard InChI is InChI=1S/C29H33NO3/c1-30(18-8-12-23-11-7-16-27-28(23)32-21-20-31-27)19-9-17-29(25-13-3-2-4-14-25)26-15-6-5-10-24(26)22-33-29/h2-7,10-11,13-16H,8-9,12,17-22H2,1H3. The molecule has 4 heteroatoms. The molecule has 1 unspecified atom stereocenters. The molecule has 0 radical (unpaired) electrons. The molecule has 0 aromatic heterocycles. The van der Waals surface area contributed by atoms with Crippen LogP contribution in [0, 0.1) is 0 Å². The smallest absolute Gasteiger partial charge is 0.164 e. The van der Waals surface area contributed by atoms with Crippen LogP contribution in [0.15, 0.2) is 72.8 Å². The zero-order valence-corrected chi connectivity index (χ0v) is 19.5. The van der Waals surface area contributed by atoms with Crippen LogP contribution in [-0.4, -0.2) is 38.3 Å². The van der Waals surface area contributed by atoms with E-state index in [0.717, 1.165) is 50.3 Å². The van der Waals surface area contributed by atoms with Crippen molar-refractivity contribution in [2.75, 3.05) is 33.4 Å². The van der Waals surface area contributed by atoms with Gasteiger partial charge in [0.2, 0.25) is 0 Å².